The van der Waals surface area contributed by atoms with Crippen LogP contribution in [0.15, 0.2) is 23.7 Å². The van der Waals surface area contributed by atoms with E-state index in [0.29, 0.717) is 18.8 Å². The number of aryl methyl sites for hydroxylation is 2. The molecule has 2 aromatic rings. The Balaban J connectivity index is 1.99. The van der Waals surface area contributed by atoms with Gasteiger partial charge in [0.25, 0.3) is 0 Å². The molecule has 21 heavy (non-hydrogen) atoms. The highest BCUT2D eigenvalue weighted by molar-refractivity contribution is 7.09. The zero-order valence-electron chi connectivity index (χ0n) is 12.3. The van der Waals surface area contributed by atoms with Crippen molar-refractivity contribution in [3.05, 3.63) is 39.8 Å². The average molecular weight is 305 g/mol. The third kappa shape index (κ3) is 4.29. The number of ether oxygens (including phenoxy) is 2. The van der Waals surface area contributed by atoms with Gasteiger partial charge in [-0.3, -0.25) is 0 Å². The summed E-state index contributed by atoms with van der Waals surface area (Å²) < 4.78 is 11.2. The highest BCUT2D eigenvalue weighted by atomic mass is 32.1. The lowest BCUT2D eigenvalue weighted by molar-refractivity contribution is -0.107. The number of thiazole rings is 1. The summed E-state index contributed by atoms with van der Waals surface area (Å²) in [4.78, 5) is 15.9. The van der Waals surface area contributed by atoms with Crippen molar-refractivity contribution in [2.75, 3.05) is 13.7 Å². The summed E-state index contributed by atoms with van der Waals surface area (Å²) in [5.41, 5.74) is 3.99. The third-order valence-electron chi connectivity index (χ3n) is 3.21. The van der Waals surface area contributed by atoms with Gasteiger partial charge in [-0.1, -0.05) is 6.07 Å². The Morgan fingerprint density at radius 3 is 2.81 bits per heavy atom. The van der Waals surface area contributed by atoms with E-state index in [0.717, 1.165) is 36.1 Å². The van der Waals surface area contributed by atoms with E-state index in [-0.39, 0.29) is 0 Å². The molecule has 2 rings (SSSR count). The summed E-state index contributed by atoms with van der Waals surface area (Å²) in [6, 6.07) is 5.79. The number of aldehydes is 1. The van der Waals surface area contributed by atoms with Crippen LogP contribution in [0.1, 0.15) is 22.6 Å². The molecule has 0 aliphatic heterocycles. The fraction of sp³-hybridized carbons (Fsp3) is 0.375. The number of carbonyl (C=O) groups is 1. The molecule has 0 amide bonds. The number of rotatable bonds is 8. The van der Waals surface area contributed by atoms with Gasteiger partial charge < -0.3 is 14.3 Å². The van der Waals surface area contributed by atoms with E-state index >= 15 is 0 Å². The molecule has 1 aromatic heterocycles. The molecule has 0 N–H and O–H groups in total. The van der Waals surface area contributed by atoms with E-state index in [1.807, 2.05) is 30.6 Å². The number of hydrogen-bond acceptors (Lipinski definition) is 5. The van der Waals surface area contributed by atoms with Crippen LogP contribution in [0.4, 0.5) is 0 Å². The van der Waals surface area contributed by atoms with E-state index < -0.39 is 0 Å². The van der Waals surface area contributed by atoms with Gasteiger partial charge in [0.05, 0.1) is 24.9 Å². The number of methoxy groups -OCH3 is 1. The zero-order valence-corrected chi connectivity index (χ0v) is 13.1. The molecular formula is C16H19NO3S. The lowest BCUT2D eigenvalue weighted by atomic mass is 10.1. The van der Waals surface area contributed by atoms with E-state index in [1.54, 1.807) is 18.4 Å². The van der Waals surface area contributed by atoms with Crippen LogP contribution in [0.2, 0.25) is 0 Å². The van der Waals surface area contributed by atoms with Crippen molar-refractivity contribution in [3.8, 4) is 11.5 Å². The summed E-state index contributed by atoms with van der Waals surface area (Å²) >= 11 is 1.65. The van der Waals surface area contributed by atoms with E-state index in [2.05, 4.69) is 4.98 Å². The Bertz CT molecular complexity index is 595. The molecule has 0 fully saturated rings. The summed E-state index contributed by atoms with van der Waals surface area (Å²) in [5.74, 6) is 1.44. The molecule has 0 unspecified atom stereocenters. The van der Waals surface area contributed by atoms with Gasteiger partial charge in [-0.2, -0.15) is 0 Å². The molecule has 1 heterocycles. The molecule has 0 atom stereocenters. The van der Waals surface area contributed by atoms with Gasteiger partial charge in [-0.15, -0.1) is 11.3 Å². The van der Waals surface area contributed by atoms with Crippen molar-refractivity contribution in [1.82, 2.24) is 4.98 Å². The third-order valence-corrected chi connectivity index (χ3v) is 4.21. The maximum Gasteiger partial charge on any atom is 0.161 e. The second-order valence-electron chi connectivity index (χ2n) is 4.65. The SMILES string of the molecule is COc1ccc(CCC=O)cc1OCCc1scnc1C. The summed E-state index contributed by atoms with van der Waals surface area (Å²) in [5, 5.41) is 0. The fourth-order valence-electron chi connectivity index (χ4n) is 2.03. The van der Waals surface area contributed by atoms with Crippen LogP contribution in [-0.2, 0) is 17.6 Å². The van der Waals surface area contributed by atoms with Crippen LogP contribution >= 0.6 is 11.3 Å². The molecule has 4 nitrogen and oxygen atoms in total. The predicted octanol–water partition coefficient (Wildman–Crippen LogP) is 3.21. The monoisotopic (exact) mass is 305 g/mol. The molecular weight excluding hydrogens is 286 g/mol. The van der Waals surface area contributed by atoms with Crippen molar-refractivity contribution >= 4 is 17.6 Å². The molecule has 0 saturated heterocycles. The van der Waals surface area contributed by atoms with Crippen molar-refractivity contribution in [2.24, 2.45) is 0 Å². The minimum atomic E-state index is 0.520. The zero-order chi connectivity index (χ0) is 15.1. The first-order valence-corrected chi connectivity index (χ1v) is 7.75. The van der Waals surface area contributed by atoms with Gasteiger partial charge in [0.2, 0.25) is 0 Å². The number of nitrogens with zero attached hydrogens (tertiary/aromatic N) is 1. The van der Waals surface area contributed by atoms with Gasteiger partial charge in [-0.05, 0) is 31.0 Å². The second kappa shape index (κ2) is 7.78. The first kappa shape index (κ1) is 15.5. The van der Waals surface area contributed by atoms with Gasteiger partial charge in [-0.25, -0.2) is 4.98 Å². The predicted molar refractivity (Wildman–Crippen MR) is 83.4 cm³/mol. The first-order valence-electron chi connectivity index (χ1n) is 6.87. The summed E-state index contributed by atoms with van der Waals surface area (Å²) in [6.07, 6.45) is 3.00. The minimum absolute atomic E-state index is 0.520. The Morgan fingerprint density at radius 1 is 1.29 bits per heavy atom. The highest BCUT2D eigenvalue weighted by Gasteiger charge is 2.07. The van der Waals surface area contributed by atoms with Crippen molar-refractivity contribution < 1.29 is 14.3 Å². The van der Waals surface area contributed by atoms with Crippen molar-refractivity contribution in [1.29, 1.82) is 0 Å². The van der Waals surface area contributed by atoms with E-state index in [4.69, 9.17) is 9.47 Å². The summed E-state index contributed by atoms with van der Waals surface area (Å²) in [6.45, 7) is 2.59. The number of carbonyl (C=O) groups excluding carboxylic acids is 1. The van der Waals surface area contributed by atoms with Gasteiger partial charge >= 0.3 is 0 Å². The molecule has 5 heteroatoms. The van der Waals surface area contributed by atoms with Crippen LogP contribution in [0.3, 0.4) is 0 Å². The van der Waals surface area contributed by atoms with Crippen LogP contribution < -0.4 is 9.47 Å². The lowest BCUT2D eigenvalue weighted by Gasteiger charge is -2.12. The number of aromatic nitrogens is 1. The highest BCUT2D eigenvalue weighted by Crippen LogP contribution is 2.28. The van der Waals surface area contributed by atoms with Gasteiger partial charge in [0.15, 0.2) is 11.5 Å². The number of benzene rings is 1. The Hall–Kier alpha value is -1.88. The molecule has 0 aliphatic rings. The molecule has 1 aromatic carbocycles. The molecule has 0 saturated carbocycles. The topological polar surface area (TPSA) is 48.4 Å². The van der Waals surface area contributed by atoms with E-state index in [1.165, 1.54) is 4.88 Å². The Labute approximate surface area is 128 Å². The van der Waals surface area contributed by atoms with Gasteiger partial charge in [0.1, 0.15) is 6.29 Å². The number of hydrogen-bond donors (Lipinski definition) is 0. The van der Waals surface area contributed by atoms with Crippen LogP contribution in [0, 0.1) is 6.92 Å². The minimum Gasteiger partial charge on any atom is -0.493 e. The quantitative estimate of drug-likeness (QED) is 0.703. The standard InChI is InChI=1S/C16H19NO3S/c1-12-16(21-11-17-12)7-9-20-15-10-13(4-3-8-18)5-6-14(15)19-2/h5-6,8,10-11H,3-4,7,9H2,1-2H3. The smallest absolute Gasteiger partial charge is 0.161 e. The molecule has 0 spiro atoms. The maximum absolute atomic E-state index is 10.5. The van der Waals surface area contributed by atoms with Crippen LogP contribution in [0.25, 0.3) is 0 Å². The Kier molecular flexibility index (Phi) is 5.75. The Morgan fingerprint density at radius 2 is 2.14 bits per heavy atom. The molecule has 0 radical (unpaired) electrons. The van der Waals surface area contributed by atoms with Gasteiger partial charge in [0, 0.05) is 17.7 Å². The second-order valence-corrected chi connectivity index (χ2v) is 5.59. The summed E-state index contributed by atoms with van der Waals surface area (Å²) in [7, 11) is 1.63. The van der Waals surface area contributed by atoms with Crippen LogP contribution in [-0.4, -0.2) is 25.0 Å². The average Bonchev–Trinajstić information content (AvgIpc) is 2.91. The van der Waals surface area contributed by atoms with Crippen molar-refractivity contribution in [3.63, 3.8) is 0 Å². The normalized spacial score (nSPS) is 10.4. The largest absolute Gasteiger partial charge is 0.493 e. The lowest BCUT2D eigenvalue weighted by Crippen LogP contribution is -2.03. The van der Waals surface area contributed by atoms with E-state index in [9.17, 15) is 4.79 Å². The maximum atomic E-state index is 10.5. The fourth-order valence-corrected chi connectivity index (χ4v) is 2.80. The molecule has 112 valence electrons. The molecule has 0 aliphatic carbocycles. The van der Waals surface area contributed by atoms with Crippen molar-refractivity contribution in [2.45, 2.75) is 26.2 Å². The first-order chi connectivity index (χ1) is 10.2. The molecule has 0 bridgehead atoms. The van der Waals surface area contributed by atoms with Crippen LogP contribution in [0.5, 0.6) is 11.5 Å².